The van der Waals surface area contributed by atoms with E-state index in [1.54, 1.807) is 0 Å². The molecular weight excluding hydrogens is 272 g/mol. The van der Waals surface area contributed by atoms with Crippen LogP contribution in [0.2, 0.25) is 5.02 Å². The lowest BCUT2D eigenvalue weighted by molar-refractivity contribution is 0.0986. The Hall–Kier alpha value is -1.61. The second kappa shape index (κ2) is 4.45. The Morgan fingerprint density at radius 3 is 2.65 bits per heavy atom. The van der Waals surface area contributed by atoms with Gasteiger partial charge in [0, 0.05) is 23.9 Å². The van der Waals surface area contributed by atoms with Crippen LogP contribution in [0.1, 0.15) is 52.8 Å². The average molecular weight is 287 g/mol. The third kappa shape index (κ3) is 1.97. The van der Waals surface area contributed by atoms with Gasteiger partial charge >= 0.3 is 0 Å². The number of carbonyl (C=O) groups is 1. The third-order valence-corrected chi connectivity index (χ3v) is 4.37. The number of hydrogen-bond acceptors (Lipinski definition) is 2. The van der Waals surface area contributed by atoms with Gasteiger partial charge in [0.1, 0.15) is 11.5 Å². The highest BCUT2D eigenvalue weighted by atomic mass is 35.5. The molecule has 0 bridgehead atoms. The molecular formula is C16H15ClN2O. The second-order valence-corrected chi connectivity index (χ2v) is 6.11. The zero-order chi connectivity index (χ0) is 13.7. The van der Waals surface area contributed by atoms with Crippen molar-refractivity contribution in [2.75, 3.05) is 0 Å². The molecule has 0 saturated heterocycles. The Kier molecular flexibility index (Phi) is 2.71. The van der Waals surface area contributed by atoms with Crippen molar-refractivity contribution in [1.29, 1.82) is 0 Å². The molecule has 2 aliphatic rings. The molecule has 0 amide bonds. The van der Waals surface area contributed by atoms with Gasteiger partial charge in [-0.05, 0) is 37.0 Å². The Morgan fingerprint density at radius 1 is 1.20 bits per heavy atom. The van der Waals surface area contributed by atoms with Crippen molar-refractivity contribution in [2.24, 2.45) is 0 Å². The summed E-state index contributed by atoms with van der Waals surface area (Å²) in [7, 11) is 0. The molecule has 2 aliphatic carbocycles. The van der Waals surface area contributed by atoms with Crippen LogP contribution in [0.3, 0.4) is 0 Å². The Bertz CT molecular complexity index is 683. The van der Waals surface area contributed by atoms with Gasteiger partial charge in [-0.15, -0.1) is 0 Å². The van der Waals surface area contributed by atoms with E-state index in [-0.39, 0.29) is 5.78 Å². The zero-order valence-corrected chi connectivity index (χ0v) is 11.9. The summed E-state index contributed by atoms with van der Waals surface area (Å²) < 4.78 is 2.14. The number of rotatable bonds is 3. The quantitative estimate of drug-likeness (QED) is 0.864. The molecule has 0 atom stereocenters. The summed E-state index contributed by atoms with van der Waals surface area (Å²) in [6, 6.07) is 7.83. The second-order valence-electron chi connectivity index (χ2n) is 5.68. The Labute approximate surface area is 122 Å². The summed E-state index contributed by atoms with van der Waals surface area (Å²) >= 11 is 5.93. The van der Waals surface area contributed by atoms with E-state index in [1.807, 2.05) is 24.3 Å². The topological polar surface area (TPSA) is 34.9 Å². The van der Waals surface area contributed by atoms with Crippen LogP contribution in [-0.2, 0) is 13.0 Å². The summed E-state index contributed by atoms with van der Waals surface area (Å²) in [6.07, 6.45) is 3.82. The molecule has 0 aliphatic heterocycles. The van der Waals surface area contributed by atoms with E-state index in [0.29, 0.717) is 12.3 Å². The van der Waals surface area contributed by atoms with Crippen molar-refractivity contribution in [3.8, 4) is 0 Å². The molecule has 20 heavy (non-hydrogen) atoms. The third-order valence-electron chi connectivity index (χ3n) is 4.12. The molecule has 4 heteroatoms. The molecule has 1 aromatic heterocycles. The van der Waals surface area contributed by atoms with Crippen LogP contribution in [0.4, 0.5) is 0 Å². The van der Waals surface area contributed by atoms with Gasteiger partial charge in [-0.25, -0.2) is 4.98 Å². The number of fused-ring (bicyclic) bond motifs is 1. The van der Waals surface area contributed by atoms with Gasteiger partial charge < -0.3 is 4.57 Å². The summed E-state index contributed by atoms with van der Waals surface area (Å²) in [6.45, 7) is 0.719. The monoisotopic (exact) mass is 286 g/mol. The number of ketones is 1. The van der Waals surface area contributed by atoms with E-state index < -0.39 is 0 Å². The molecule has 2 aromatic rings. The molecule has 0 unspecified atom stereocenters. The van der Waals surface area contributed by atoms with Crippen molar-refractivity contribution >= 4 is 17.4 Å². The van der Waals surface area contributed by atoms with E-state index >= 15 is 0 Å². The number of aryl methyl sites for hydroxylation is 1. The Balaban J connectivity index is 1.76. The van der Waals surface area contributed by atoms with Crippen molar-refractivity contribution < 1.29 is 4.79 Å². The van der Waals surface area contributed by atoms with Crippen molar-refractivity contribution in [3.05, 3.63) is 52.1 Å². The van der Waals surface area contributed by atoms with Crippen LogP contribution in [-0.4, -0.2) is 15.3 Å². The largest absolute Gasteiger partial charge is 0.321 e. The first-order valence-electron chi connectivity index (χ1n) is 7.09. The first-order chi connectivity index (χ1) is 9.72. The smallest absolute Gasteiger partial charge is 0.181 e. The van der Waals surface area contributed by atoms with Gasteiger partial charge in [-0.2, -0.15) is 0 Å². The standard InChI is InChI=1S/C16H15ClN2O/c17-12-5-1-10(2-6-12)9-19-15-13(7-8-14(15)20)18-16(19)11-3-4-11/h1-2,5-6,11H,3-4,7-9H2. The number of carbonyl (C=O) groups excluding carboxylic acids is 1. The zero-order valence-electron chi connectivity index (χ0n) is 11.1. The minimum atomic E-state index is 0.244. The number of aromatic nitrogens is 2. The SMILES string of the molecule is O=C1CCc2nc(C3CC3)n(Cc3ccc(Cl)cc3)c21. The maximum Gasteiger partial charge on any atom is 0.181 e. The molecule has 3 nitrogen and oxygen atoms in total. The predicted molar refractivity (Wildman–Crippen MR) is 77.4 cm³/mol. The van der Waals surface area contributed by atoms with E-state index in [4.69, 9.17) is 16.6 Å². The van der Waals surface area contributed by atoms with Gasteiger partial charge in [0.25, 0.3) is 0 Å². The summed E-state index contributed by atoms with van der Waals surface area (Å²) in [5.74, 6) is 1.91. The lowest BCUT2D eigenvalue weighted by atomic mass is 10.2. The molecule has 4 rings (SSSR count). The first-order valence-corrected chi connectivity index (χ1v) is 7.47. The van der Waals surface area contributed by atoms with Crippen LogP contribution in [0.15, 0.2) is 24.3 Å². The fourth-order valence-corrected chi connectivity index (χ4v) is 3.07. The minimum Gasteiger partial charge on any atom is -0.321 e. The van der Waals surface area contributed by atoms with E-state index in [0.717, 1.165) is 40.8 Å². The lowest BCUT2D eigenvalue weighted by Gasteiger charge is -2.10. The molecule has 0 N–H and O–H groups in total. The van der Waals surface area contributed by atoms with E-state index in [1.165, 1.54) is 12.8 Å². The highest BCUT2D eigenvalue weighted by Gasteiger charge is 2.35. The molecule has 102 valence electrons. The van der Waals surface area contributed by atoms with Crippen LogP contribution in [0, 0.1) is 0 Å². The van der Waals surface area contributed by atoms with Gasteiger partial charge in [0.2, 0.25) is 0 Å². The van der Waals surface area contributed by atoms with Gasteiger partial charge in [0.05, 0.1) is 5.69 Å². The fraction of sp³-hybridized carbons (Fsp3) is 0.375. The number of nitrogens with zero attached hydrogens (tertiary/aromatic N) is 2. The molecule has 1 saturated carbocycles. The molecule has 0 spiro atoms. The number of hydrogen-bond donors (Lipinski definition) is 0. The predicted octanol–water partition coefficient (Wildman–Crippen LogP) is 3.59. The fourth-order valence-electron chi connectivity index (χ4n) is 2.94. The molecule has 1 aromatic carbocycles. The molecule has 0 radical (unpaired) electrons. The van der Waals surface area contributed by atoms with E-state index in [9.17, 15) is 4.79 Å². The first kappa shape index (κ1) is 12.2. The highest BCUT2D eigenvalue weighted by Crippen LogP contribution is 2.41. The average Bonchev–Trinajstić information content (AvgIpc) is 3.13. The maximum atomic E-state index is 12.1. The number of Topliss-reactive ketones (excluding diaryl/α,β-unsaturated/α-hetero) is 1. The van der Waals surface area contributed by atoms with Crippen LogP contribution >= 0.6 is 11.6 Å². The molecule has 1 fully saturated rings. The van der Waals surface area contributed by atoms with Gasteiger partial charge in [-0.3, -0.25) is 4.79 Å². The number of halogens is 1. The van der Waals surface area contributed by atoms with Crippen LogP contribution < -0.4 is 0 Å². The van der Waals surface area contributed by atoms with E-state index in [2.05, 4.69) is 4.57 Å². The maximum absolute atomic E-state index is 12.1. The normalized spacial score (nSPS) is 17.6. The Morgan fingerprint density at radius 2 is 1.95 bits per heavy atom. The minimum absolute atomic E-state index is 0.244. The summed E-state index contributed by atoms with van der Waals surface area (Å²) in [5.41, 5.74) is 3.02. The van der Waals surface area contributed by atoms with Crippen molar-refractivity contribution in [2.45, 2.75) is 38.1 Å². The van der Waals surface area contributed by atoms with Crippen molar-refractivity contribution in [1.82, 2.24) is 9.55 Å². The molecule has 1 heterocycles. The number of benzene rings is 1. The summed E-state index contributed by atoms with van der Waals surface area (Å²) in [4.78, 5) is 16.8. The van der Waals surface area contributed by atoms with Gasteiger partial charge in [0.15, 0.2) is 5.78 Å². The van der Waals surface area contributed by atoms with Crippen molar-refractivity contribution in [3.63, 3.8) is 0 Å². The lowest BCUT2D eigenvalue weighted by Crippen LogP contribution is -2.11. The van der Waals surface area contributed by atoms with Crippen LogP contribution in [0.25, 0.3) is 0 Å². The van der Waals surface area contributed by atoms with Crippen LogP contribution in [0.5, 0.6) is 0 Å². The highest BCUT2D eigenvalue weighted by molar-refractivity contribution is 6.30. The van der Waals surface area contributed by atoms with Gasteiger partial charge in [-0.1, -0.05) is 23.7 Å². The summed E-state index contributed by atoms with van der Waals surface area (Å²) in [5, 5.41) is 0.739. The number of imidazole rings is 1.